The molecule has 1 amide bonds. The number of carbonyl (C=O) groups excluding carboxylic acids is 2. The van der Waals surface area contributed by atoms with Crippen molar-refractivity contribution >= 4 is 17.6 Å². The number of nitrogens with zero attached hydrogens (tertiary/aromatic N) is 3. The molecule has 0 unspecified atom stereocenters. The summed E-state index contributed by atoms with van der Waals surface area (Å²) in [5.74, 6) is -5.35. The minimum absolute atomic E-state index is 0.0304. The quantitative estimate of drug-likeness (QED) is 0.286. The SMILES string of the molecule is COC(=O)[C@H](Cc1ccc(-c2cc(C(F)(F)F)nn(C)c2=O)c2c1CCCO2)NC(=O)c1c(F)cc(N2CCOC[C@@H]2C(F)(F)F)cc1F. The summed E-state index contributed by atoms with van der Waals surface area (Å²) in [6, 6.07) is 0.733. The van der Waals surface area contributed by atoms with E-state index in [1.54, 1.807) is 0 Å². The van der Waals surface area contributed by atoms with Gasteiger partial charge in [0, 0.05) is 31.3 Å². The summed E-state index contributed by atoms with van der Waals surface area (Å²) in [4.78, 5) is 39.5. The lowest BCUT2D eigenvalue weighted by Crippen LogP contribution is -2.53. The molecule has 1 saturated heterocycles. The molecule has 2 aromatic carbocycles. The van der Waals surface area contributed by atoms with Gasteiger partial charge >= 0.3 is 18.3 Å². The molecule has 1 N–H and O–H groups in total. The van der Waals surface area contributed by atoms with E-state index in [9.17, 15) is 40.7 Å². The summed E-state index contributed by atoms with van der Waals surface area (Å²) < 4.78 is 128. The van der Waals surface area contributed by atoms with Crippen LogP contribution in [-0.2, 0) is 40.3 Å². The number of nitrogens with one attached hydrogen (secondary N) is 1. The van der Waals surface area contributed by atoms with Crippen molar-refractivity contribution in [1.82, 2.24) is 15.1 Å². The van der Waals surface area contributed by atoms with Gasteiger partial charge in [0.1, 0.15) is 35.0 Å². The molecule has 3 aromatic rings. The molecule has 0 saturated carbocycles. The number of benzene rings is 2. The second kappa shape index (κ2) is 13.6. The fourth-order valence-corrected chi connectivity index (χ4v) is 5.79. The van der Waals surface area contributed by atoms with Gasteiger partial charge in [0.25, 0.3) is 11.5 Å². The normalized spacial score (nSPS) is 17.2. The number of morpholine rings is 1. The summed E-state index contributed by atoms with van der Waals surface area (Å²) >= 11 is 0. The van der Waals surface area contributed by atoms with Crippen LogP contribution in [0.25, 0.3) is 11.1 Å². The van der Waals surface area contributed by atoms with Crippen LogP contribution in [0, 0.1) is 11.6 Å². The Hall–Kier alpha value is -4.74. The highest BCUT2D eigenvalue weighted by Crippen LogP contribution is 2.39. The number of alkyl halides is 6. The van der Waals surface area contributed by atoms with E-state index in [4.69, 9.17) is 14.2 Å². The van der Waals surface area contributed by atoms with E-state index >= 15 is 8.78 Å². The third-order valence-corrected chi connectivity index (χ3v) is 8.13. The van der Waals surface area contributed by atoms with Crippen LogP contribution in [0.15, 0.2) is 35.1 Å². The maximum absolute atomic E-state index is 15.2. The minimum Gasteiger partial charge on any atom is -0.493 e. The Morgan fingerprint density at radius 2 is 1.76 bits per heavy atom. The number of halogens is 8. The van der Waals surface area contributed by atoms with Crippen molar-refractivity contribution in [1.29, 1.82) is 0 Å². The molecule has 0 aliphatic carbocycles. The average molecular weight is 705 g/mol. The number of fused-ring (bicyclic) bond motifs is 1. The third kappa shape index (κ3) is 7.33. The molecule has 2 aliphatic heterocycles. The third-order valence-electron chi connectivity index (χ3n) is 8.13. The van der Waals surface area contributed by atoms with Crippen LogP contribution in [0.5, 0.6) is 5.75 Å². The first-order valence-corrected chi connectivity index (χ1v) is 14.7. The van der Waals surface area contributed by atoms with Crippen LogP contribution >= 0.6 is 0 Å². The zero-order chi connectivity index (χ0) is 35.8. The predicted molar refractivity (Wildman–Crippen MR) is 155 cm³/mol. The highest BCUT2D eigenvalue weighted by molar-refractivity contribution is 5.97. The maximum atomic E-state index is 15.2. The molecule has 49 heavy (non-hydrogen) atoms. The molecule has 18 heteroatoms. The second-order valence-electron chi connectivity index (χ2n) is 11.3. The Balaban J connectivity index is 1.46. The van der Waals surface area contributed by atoms with Crippen LogP contribution in [0.1, 0.15) is 33.6 Å². The van der Waals surface area contributed by atoms with Crippen LogP contribution in [0.3, 0.4) is 0 Å². The number of hydrogen-bond acceptors (Lipinski definition) is 8. The van der Waals surface area contributed by atoms with Crippen molar-refractivity contribution in [2.75, 3.05) is 38.4 Å². The van der Waals surface area contributed by atoms with Gasteiger partial charge in [-0.1, -0.05) is 12.1 Å². The van der Waals surface area contributed by atoms with Crippen LogP contribution < -0.4 is 20.5 Å². The molecule has 5 rings (SSSR count). The van der Waals surface area contributed by atoms with Crippen molar-refractivity contribution in [3.63, 3.8) is 0 Å². The van der Waals surface area contributed by atoms with Gasteiger partial charge in [-0.25, -0.2) is 18.3 Å². The molecule has 3 heterocycles. The monoisotopic (exact) mass is 704 g/mol. The number of aromatic nitrogens is 2. The summed E-state index contributed by atoms with van der Waals surface area (Å²) in [5.41, 5.74) is -3.35. The lowest BCUT2D eigenvalue weighted by Gasteiger charge is -2.38. The largest absolute Gasteiger partial charge is 0.493 e. The molecule has 10 nitrogen and oxygen atoms in total. The van der Waals surface area contributed by atoms with E-state index in [2.05, 4.69) is 10.4 Å². The molecule has 0 spiro atoms. The number of carbonyl (C=O) groups is 2. The topological polar surface area (TPSA) is 112 Å². The van der Waals surface area contributed by atoms with Gasteiger partial charge in [0.15, 0.2) is 5.69 Å². The Kier molecular flexibility index (Phi) is 9.90. The molecule has 0 bridgehead atoms. The van der Waals surface area contributed by atoms with Crippen LogP contribution in [-0.4, -0.2) is 73.4 Å². The van der Waals surface area contributed by atoms with E-state index in [0.29, 0.717) is 46.8 Å². The number of hydrogen-bond donors (Lipinski definition) is 1. The summed E-state index contributed by atoms with van der Waals surface area (Å²) in [6.45, 7) is -1.08. The smallest absolute Gasteiger partial charge is 0.435 e. The van der Waals surface area contributed by atoms with E-state index in [-0.39, 0.29) is 43.1 Å². The van der Waals surface area contributed by atoms with Gasteiger partial charge in [-0.3, -0.25) is 9.59 Å². The molecular formula is C31H28F8N4O6. The fraction of sp³-hybridized carbons (Fsp3) is 0.419. The molecule has 0 radical (unpaired) electrons. The zero-order valence-corrected chi connectivity index (χ0v) is 25.8. The maximum Gasteiger partial charge on any atom is 0.435 e. The van der Waals surface area contributed by atoms with Gasteiger partial charge in [0.05, 0.1) is 32.5 Å². The first-order chi connectivity index (χ1) is 23.0. The van der Waals surface area contributed by atoms with Gasteiger partial charge in [-0.2, -0.15) is 31.4 Å². The Bertz CT molecular complexity index is 1800. The Labute approximate surface area is 272 Å². The number of amides is 1. The zero-order valence-electron chi connectivity index (χ0n) is 25.8. The van der Waals surface area contributed by atoms with Gasteiger partial charge in [0.2, 0.25) is 0 Å². The predicted octanol–water partition coefficient (Wildman–Crippen LogP) is 4.35. The van der Waals surface area contributed by atoms with E-state index in [1.807, 2.05) is 0 Å². The lowest BCUT2D eigenvalue weighted by atomic mass is 9.90. The Morgan fingerprint density at radius 1 is 1.06 bits per heavy atom. The van der Waals surface area contributed by atoms with E-state index in [1.165, 1.54) is 12.1 Å². The highest BCUT2D eigenvalue weighted by Gasteiger charge is 2.46. The summed E-state index contributed by atoms with van der Waals surface area (Å²) in [6.07, 6.45) is -9.24. The second-order valence-corrected chi connectivity index (χ2v) is 11.3. The van der Waals surface area contributed by atoms with Crippen LogP contribution in [0.4, 0.5) is 40.8 Å². The summed E-state index contributed by atoms with van der Waals surface area (Å²) in [7, 11) is 2.06. The first kappa shape index (κ1) is 35.6. The highest BCUT2D eigenvalue weighted by atomic mass is 19.4. The summed E-state index contributed by atoms with van der Waals surface area (Å²) in [5, 5.41) is 5.48. The van der Waals surface area contributed by atoms with Crippen molar-refractivity contribution in [3.8, 4) is 16.9 Å². The van der Waals surface area contributed by atoms with Crippen molar-refractivity contribution in [2.45, 2.75) is 43.7 Å². The molecule has 2 aliphatic rings. The van der Waals surface area contributed by atoms with E-state index in [0.717, 1.165) is 19.1 Å². The molecule has 1 aromatic heterocycles. The molecular weight excluding hydrogens is 676 g/mol. The van der Waals surface area contributed by atoms with Crippen molar-refractivity contribution in [3.05, 3.63) is 74.7 Å². The number of ether oxygens (including phenoxy) is 3. The number of esters is 1. The molecule has 2 atom stereocenters. The van der Waals surface area contributed by atoms with E-state index < -0.39 is 77.1 Å². The molecule has 1 fully saturated rings. The van der Waals surface area contributed by atoms with Crippen molar-refractivity contribution < 1.29 is 58.9 Å². The number of aryl methyl sites for hydroxylation is 1. The fourth-order valence-electron chi connectivity index (χ4n) is 5.79. The molecule has 264 valence electrons. The van der Waals surface area contributed by atoms with Gasteiger partial charge in [-0.05, 0) is 42.2 Å². The average Bonchev–Trinajstić information content (AvgIpc) is 3.04. The minimum atomic E-state index is -4.86. The first-order valence-electron chi connectivity index (χ1n) is 14.7. The number of methoxy groups -OCH3 is 1. The Morgan fingerprint density at radius 3 is 2.39 bits per heavy atom. The van der Waals surface area contributed by atoms with Gasteiger partial charge in [-0.15, -0.1) is 0 Å². The lowest BCUT2D eigenvalue weighted by molar-refractivity contribution is -0.167. The van der Waals surface area contributed by atoms with Crippen molar-refractivity contribution in [2.24, 2.45) is 7.05 Å². The van der Waals surface area contributed by atoms with Crippen LogP contribution in [0.2, 0.25) is 0 Å². The number of rotatable bonds is 7. The standard InChI is InChI=1S/C31H28F8N4O6/c1-42-28(45)19(13-23(41-42)30(34,35)36)18-6-5-15(17-4-3-8-49-26(17)18)10-22(29(46)47-2)40-27(44)25-20(32)11-16(12-21(25)33)43-7-9-48-14-24(43)31(37,38)39/h5-6,11-13,22,24H,3-4,7-10,14H2,1-2H3,(H,40,44)/t22-,24+/m0/s1. The van der Waals surface area contributed by atoms with Gasteiger partial charge < -0.3 is 24.4 Å². The number of anilines is 1.